The Morgan fingerprint density at radius 2 is 2.36 bits per heavy atom. The summed E-state index contributed by atoms with van der Waals surface area (Å²) in [7, 11) is 0. The minimum Gasteiger partial charge on any atom is -0.462 e. The Balaban J connectivity index is 3.13. The van der Waals surface area contributed by atoms with Crippen LogP contribution < -0.4 is 5.73 Å². The van der Waals surface area contributed by atoms with E-state index in [-0.39, 0.29) is 0 Å². The van der Waals surface area contributed by atoms with Gasteiger partial charge in [0.2, 0.25) is 0 Å². The molecular weight excluding hydrogens is 200 g/mol. The van der Waals surface area contributed by atoms with Crippen molar-refractivity contribution in [3.8, 4) is 6.07 Å². The van der Waals surface area contributed by atoms with Gasteiger partial charge in [-0.3, -0.25) is 0 Å². The molecule has 0 aliphatic heterocycles. The largest absolute Gasteiger partial charge is 0.462 e. The number of hydrogen-bond acceptors (Lipinski definition) is 5. The third kappa shape index (κ3) is 1.70. The molecule has 0 fully saturated rings. The summed E-state index contributed by atoms with van der Waals surface area (Å²) in [5.41, 5.74) is 6.55. The molecule has 0 aliphatic carbocycles. The Morgan fingerprint density at radius 3 is 2.79 bits per heavy atom. The summed E-state index contributed by atoms with van der Waals surface area (Å²) < 4.78 is 4.83. The molecule has 1 heterocycles. The average molecular weight is 210 g/mol. The predicted molar refractivity (Wildman–Crippen MR) is 54.1 cm³/mol. The number of esters is 1. The molecule has 5 heteroatoms. The highest BCUT2D eigenvalue weighted by Crippen LogP contribution is 2.30. The van der Waals surface area contributed by atoms with E-state index in [0.29, 0.717) is 27.6 Å². The highest BCUT2D eigenvalue weighted by atomic mass is 32.1. The monoisotopic (exact) mass is 210 g/mol. The lowest BCUT2D eigenvalue weighted by molar-refractivity contribution is 0.0531. The second kappa shape index (κ2) is 4.11. The number of thiophene rings is 1. The van der Waals surface area contributed by atoms with Crippen LogP contribution in [-0.4, -0.2) is 12.6 Å². The molecule has 0 radical (unpaired) electrons. The number of nitrogen functional groups attached to an aromatic ring is 1. The molecule has 1 aromatic rings. The molecule has 74 valence electrons. The summed E-state index contributed by atoms with van der Waals surface area (Å²) in [5, 5.41) is 9.12. The van der Waals surface area contributed by atoms with Crippen LogP contribution in [0.3, 0.4) is 0 Å². The average Bonchev–Trinajstić information content (AvgIpc) is 2.42. The van der Waals surface area contributed by atoms with E-state index in [4.69, 9.17) is 15.7 Å². The lowest BCUT2D eigenvalue weighted by Gasteiger charge is -1.98. The number of nitriles is 1. The topological polar surface area (TPSA) is 76.1 Å². The molecule has 0 aliphatic rings. The van der Waals surface area contributed by atoms with Gasteiger partial charge in [0.05, 0.1) is 12.2 Å². The van der Waals surface area contributed by atoms with Crippen molar-refractivity contribution in [2.24, 2.45) is 0 Å². The van der Waals surface area contributed by atoms with E-state index in [0.717, 1.165) is 11.3 Å². The van der Waals surface area contributed by atoms with Crippen LogP contribution in [0.1, 0.15) is 27.7 Å². The van der Waals surface area contributed by atoms with Gasteiger partial charge in [0.25, 0.3) is 0 Å². The fourth-order valence-electron chi connectivity index (χ4n) is 1.07. The molecule has 0 aromatic carbocycles. The van der Waals surface area contributed by atoms with Crippen molar-refractivity contribution in [1.29, 1.82) is 5.26 Å². The lowest BCUT2D eigenvalue weighted by Crippen LogP contribution is -2.03. The van der Waals surface area contributed by atoms with Gasteiger partial charge in [-0.25, -0.2) is 4.79 Å². The summed E-state index contributed by atoms with van der Waals surface area (Å²) >= 11 is 1.09. The fraction of sp³-hybridized carbons (Fsp3) is 0.333. The van der Waals surface area contributed by atoms with Crippen LogP contribution in [0.15, 0.2) is 0 Å². The third-order valence-corrected chi connectivity index (χ3v) is 2.85. The van der Waals surface area contributed by atoms with Crippen molar-refractivity contribution < 1.29 is 9.53 Å². The van der Waals surface area contributed by atoms with Crippen molar-refractivity contribution in [2.75, 3.05) is 12.3 Å². The molecule has 0 atom stereocenters. The van der Waals surface area contributed by atoms with E-state index in [1.54, 1.807) is 13.8 Å². The van der Waals surface area contributed by atoms with Gasteiger partial charge in [0, 0.05) is 0 Å². The van der Waals surface area contributed by atoms with Crippen LogP contribution in [-0.2, 0) is 4.74 Å². The minimum absolute atomic E-state index is 0.317. The Bertz CT molecular complexity index is 404. The number of ether oxygens (including phenoxy) is 1. The maximum Gasteiger partial charge on any atom is 0.348 e. The number of nitrogens with two attached hydrogens (primary N) is 1. The van der Waals surface area contributed by atoms with Gasteiger partial charge in [0.1, 0.15) is 15.9 Å². The molecule has 2 N–H and O–H groups in total. The number of carbonyl (C=O) groups excluding carboxylic acids is 1. The first kappa shape index (κ1) is 10.5. The highest BCUT2D eigenvalue weighted by Gasteiger charge is 2.18. The van der Waals surface area contributed by atoms with Gasteiger partial charge in [-0.1, -0.05) is 0 Å². The van der Waals surface area contributed by atoms with Gasteiger partial charge in [0.15, 0.2) is 0 Å². The molecule has 14 heavy (non-hydrogen) atoms. The van der Waals surface area contributed by atoms with Crippen LogP contribution in [0.25, 0.3) is 0 Å². The van der Waals surface area contributed by atoms with Crippen LogP contribution >= 0.6 is 11.3 Å². The molecule has 0 bridgehead atoms. The molecule has 0 spiro atoms. The zero-order valence-electron chi connectivity index (χ0n) is 7.96. The van der Waals surface area contributed by atoms with Crippen LogP contribution in [0, 0.1) is 18.3 Å². The normalized spacial score (nSPS) is 9.50. The summed E-state index contributed by atoms with van der Waals surface area (Å²) in [6.45, 7) is 3.74. The number of hydrogen-bond donors (Lipinski definition) is 1. The molecule has 0 saturated heterocycles. The molecular formula is C9H10N2O2S. The Hall–Kier alpha value is -1.54. The smallest absolute Gasteiger partial charge is 0.348 e. The number of carbonyl (C=O) groups is 1. The van der Waals surface area contributed by atoms with E-state index in [9.17, 15) is 4.79 Å². The van der Waals surface area contributed by atoms with Gasteiger partial charge >= 0.3 is 5.97 Å². The standard InChI is InChI=1S/C9H10N2O2S/c1-3-13-9(12)7-5(2)6(4-10)8(11)14-7/h3,11H2,1-2H3. The van der Waals surface area contributed by atoms with Crippen molar-refractivity contribution in [3.63, 3.8) is 0 Å². The molecule has 1 aromatic heterocycles. The van der Waals surface area contributed by atoms with Crippen molar-refractivity contribution in [1.82, 2.24) is 0 Å². The number of rotatable bonds is 2. The van der Waals surface area contributed by atoms with Crippen molar-refractivity contribution in [3.05, 3.63) is 16.0 Å². The highest BCUT2D eigenvalue weighted by molar-refractivity contribution is 7.18. The Labute approximate surface area is 85.9 Å². The second-order valence-electron chi connectivity index (χ2n) is 2.63. The van der Waals surface area contributed by atoms with Crippen LogP contribution in [0.5, 0.6) is 0 Å². The van der Waals surface area contributed by atoms with E-state index in [2.05, 4.69) is 0 Å². The lowest BCUT2D eigenvalue weighted by atomic mass is 10.2. The number of anilines is 1. The minimum atomic E-state index is -0.414. The van der Waals surface area contributed by atoms with Crippen LogP contribution in [0.2, 0.25) is 0 Å². The third-order valence-electron chi connectivity index (χ3n) is 1.75. The second-order valence-corrected chi connectivity index (χ2v) is 3.68. The van der Waals surface area contributed by atoms with E-state index in [1.165, 1.54) is 0 Å². The van der Waals surface area contributed by atoms with Crippen molar-refractivity contribution in [2.45, 2.75) is 13.8 Å². The quantitative estimate of drug-likeness (QED) is 0.753. The van der Waals surface area contributed by atoms with E-state index < -0.39 is 5.97 Å². The molecule has 0 saturated carbocycles. The molecule has 0 unspecified atom stereocenters. The number of nitrogens with zero attached hydrogens (tertiary/aromatic N) is 1. The SMILES string of the molecule is CCOC(=O)c1sc(N)c(C#N)c1C. The van der Waals surface area contributed by atoms with Gasteiger partial charge in [-0.2, -0.15) is 5.26 Å². The van der Waals surface area contributed by atoms with Crippen LogP contribution in [0.4, 0.5) is 5.00 Å². The van der Waals surface area contributed by atoms with Gasteiger partial charge < -0.3 is 10.5 Å². The maximum absolute atomic E-state index is 11.4. The van der Waals surface area contributed by atoms with Gasteiger partial charge in [-0.15, -0.1) is 11.3 Å². The zero-order valence-corrected chi connectivity index (χ0v) is 8.77. The Kier molecular flexibility index (Phi) is 3.10. The first-order chi connectivity index (χ1) is 6.61. The molecule has 1 rings (SSSR count). The summed E-state index contributed by atoms with van der Waals surface area (Å²) in [4.78, 5) is 11.8. The summed E-state index contributed by atoms with van der Waals surface area (Å²) in [6.07, 6.45) is 0. The molecule has 4 nitrogen and oxygen atoms in total. The first-order valence-electron chi connectivity index (χ1n) is 4.07. The molecule has 0 amide bonds. The summed E-state index contributed by atoms with van der Waals surface area (Å²) in [5.74, 6) is -0.414. The van der Waals surface area contributed by atoms with Gasteiger partial charge in [-0.05, 0) is 19.4 Å². The van der Waals surface area contributed by atoms with Crippen molar-refractivity contribution >= 4 is 22.3 Å². The predicted octanol–water partition coefficient (Wildman–Crippen LogP) is 1.69. The maximum atomic E-state index is 11.4. The zero-order chi connectivity index (χ0) is 10.7. The fourth-order valence-corrected chi connectivity index (χ4v) is 1.98. The van der Waals surface area contributed by atoms with E-state index >= 15 is 0 Å². The first-order valence-corrected chi connectivity index (χ1v) is 4.89. The Morgan fingerprint density at radius 1 is 1.71 bits per heavy atom. The summed E-state index contributed by atoms with van der Waals surface area (Å²) in [6, 6.07) is 1.96. The van der Waals surface area contributed by atoms with E-state index in [1.807, 2.05) is 6.07 Å².